The van der Waals surface area contributed by atoms with E-state index in [0.29, 0.717) is 19.5 Å². The Kier molecular flexibility index (Phi) is 5.07. The molecule has 2 heterocycles. The van der Waals surface area contributed by atoms with Crippen LogP contribution in [0.25, 0.3) is 0 Å². The fourth-order valence-corrected chi connectivity index (χ4v) is 5.29. The normalized spacial score (nSPS) is 30.4. The molecule has 6 heteroatoms. The van der Waals surface area contributed by atoms with Crippen LogP contribution in [0.15, 0.2) is 0 Å². The molecule has 140 valence electrons. The molecule has 25 heavy (non-hydrogen) atoms. The summed E-state index contributed by atoms with van der Waals surface area (Å²) in [5.41, 5.74) is 0.0765. The number of hydrogen-bond acceptors (Lipinski definition) is 3. The van der Waals surface area contributed by atoms with Crippen LogP contribution in [0.2, 0.25) is 0 Å². The minimum atomic E-state index is 0.0276. The number of nitrogens with zero attached hydrogens (tertiary/aromatic N) is 3. The average Bonchev–Trinajstić information content (AvgIpc) is 3.02. The van der Waals surface area contributed by atoms with Crippen molar-refractivity contribution in [1.82, 2.24) is 14.7 Å². The second kappa shape index (κ2) is 6.96. The lowest BCUT2D eigenvalue weighted by Gasteiger charge is -2.47. The van der Waals surface area contributed by atoms with Crippen LogP contribution >= 0.6 is 0 Å². The molecule has 2 aliphatic heterocycles. The van der Waals surface area contributed by atoms with E-state index in [2.05, 4.69) is 0 Å². The van der Waals surface area contributed by atoms with Crippen LogP contribution in [0.5, 0.6) is 0 Å². The van der Waals surface area contributed by atoms with Crippen molar-refractivity contribution in [2.24, 2.45) is 11.3 Å². The lowest BCUT2D eigenvalue weighted by Crippen LogP contribution is -2.55. The molecule has 3 fully saturated rings. The van der Waals surface area contributed by atoms with Crippen LogP contribution in [0.4, 0.5) is 0 Å². The zero-order valence-electron chi connectivity index (χ0n) is 15.8. The molecule has 0 aromatic rings. The summed E-state index contributed by atoms with van der Waals surface area (Å²) in [6.45, 7) is 3.71. The monoisotopic (exact) mass is 349 g/mol. The third-order valence-electron chi connectivity index (χ3n) is 6.77. The molecule has 2 atom stereocenters. The van der Waals surface area contributed by atoms with Gasteiger partial charge in [0.25, 0.3) is 0 Å². The quantitative estimate of drug-likeness (QED) is 0.776. The van der Waals surface area contributed by atoms with Gasteiger partial charge in [0.2, 0.25) is 17.7 Å². The third kappa shape index (κ3) is 3.40. The summed E-state index contributed by atoms with van der Waals surface area (Å²) in [4.78, 5) is 42.1. The molecular formula is C19H31N3O3. The summed E-state index contributed by atoms with van der Waals surface area (Å²) >= 11 is 0. The Morgan fingerprint density at radius 3 is 2.52 bits per heavy atom. The van der Waals surface area contributed by atoms with Gasteiger partial charge in [0.1, 0.15) is 0 Å². The predicted molar refractivity (Wildman–Crippen MR) is 94.7 cm³/mol. The first-order valence-electron chi connectivity index (χ1n) is 9.60. The molecule has 1 saturated carbocycles. The van der Waals surface area contributed by atoms with Crippen LogP contribution in [0.1, 0.15) is 51.9 Å². The average molecular weight is 349 g/mol. The molecule has 0 spiro atoms. The SMILES string of the molecule is CC(=O)N1CCC(C(=O)N(C)C[C@@]23CCC[C@H]2N(C)C(=O)CC3)CC1. The van der Waals surface area contributed by atoms with Crippen molar-refractivity contribution in [1.29, 1.82) is 0 Å². The Morgan fingerprint density at radius 2 is 1.88 bits per heavy atom. The Labute approximate surface area is 150 Å². The van der Waals surface area contributed by atoms with E-state index in [1.165, 1.54) is 0 Å². The summed E-state index contributed by atoms with van der Waals surface area (Å²) in [5, 5.41) is 0. The summed E-state index contributed by atoms with van der Waals surface area (Å²) < 4.78 is 0. The summed E-state index contributed by atoms with van der Waals surface area (Å²) in [7, 11) is 3.84. The summed E-state index contributed by atoms with van der Waals surface area (Å²) in [5.74, 6) is 0.581. The molecule has 3 amide bonds. The van der Waals surface area contributed by atoms with Crippen LogP contribution in [0.3, 0.4) is 0 Å². The zero-order chi connectivity index (χ0) is 18.2. The van der Waals surface area contributed by atoms with Crippen LogP contribution in [-0.2, 0) is 14.4 Å². The predicted octanol–water partition coefficient (Wildman–Crippen LogP) is 1.49. The Hall–Kier alpha value is -1.59. The van der Waals surface area contributed by atoms with Crippen LogP contribution < -0.4 is 0 Å². The summed E-state index contributed by atoms with van der Waals surface area (Å²) in [6.07, 6.45) is 6.33. The highest BCUT2D eigenvalue weighted by Gasteiger charge is 2.50. The van der Waals surface area contributed by atoms with Crippen molar-refractivity contribution >= 4 is 17.7 Å². The Morgan fingerprint density at radius 1 is 1.20 bits per heavy atom. The number of fused-ring (bicyclic) bond motifs is 1. The number of piperidine rings is 2. The minimum absolute atomic E-state index is 0.0276. The van der Waals surface area contributed by atoms with Crippen molar-refractivity contribution in [2.45, 2.75) is 57.9 Å². The first-order chi connectivity index (χ1) is 11.8. The van der Waals surface area contributed by atoms with Gasteiger partial charge in [-0.1, -0.05) is 6.42 Å². The fourth-order valence-electron chi connectivity index (χ4n) is 5.29. The second-order valence-corrected chi connectivity index (χ2v) is 8.25. The van der Waals surface area contributed by atoms with E-state index >= 15 is 0 Å². The van der Waals surface area contributed by atoms with E-state index in [1.807, 2.05) is 28.8 Å². The first-order valence-corrected chi connectivity index (χ1v) is 9.60. The molecule has 3 rings (SSSR count). The van der Waals surface area contributed by atoms with Gasteiger partial charge in [-0.15, -0.1) is 0 Å². The molecular weight excluding hydrogens is 318 g/mol. The molecule has 0 aromatic carbocycles. The standard InChI is InChI=1S/C19H31N3O3/c1-14(23)22-11-7-15(8-12-22)18(25)20(2)13-19-9-4-5-16(19)21(3)17(24)6-10-19/h15-16H,4-13H2,1-3H3/t16-,19+/m1/s1. The van der Waals surface area contributed by atoms with E-state index < -0.39 is 0 Å². The van der Waals surface area contributed by atoms with E-state index in [9.17, 15) is 14.4 Å². The maximum atomic E-state index is 12.9. The zero-order valence-corrected chi connectivity index (χ0v) is 15.8. The summed E-state index contributed by atoms with van der Waals surface area (Å²) in [6, 6.07) is 0.281. The molecule has 0 aromatic heterocycles. The van der Waals surface area contributed by atoms with E-state index in [0.717, 1.165) is 45.1 Å². The highest BCUT2D eigenvalue weighted by Crippen LogP contribution is 2.48. The van der Waals surface area contributed by atoms with Crippen molar-refractivity contribution in [2.75, 3.05) is 33.7 Å². The van der Waals surface area contributed by atoms with Gasteiger partial charge >= 0.3 is 0 Å². The van der Waals surface area contributed by atoms with Gasteiger partial charge in [0, 0.05) is 64.4 Å². The number of rotatable bonds is 3. The van der Waals surface area contributed by atoms with Gasteiger partial charge in [0.05, 0.1) is 0 Å². The lowest BCUT2D eigenvalue weighted by atomic mass is 9.74. The van der Waals surface area contributed by atoms with Crippen molar-refractivity contribution < 1.29 is 14.4 Å². The van der Waals surface area contributed by atoms with E-state index in [1.54, 1.807) is 6.92 Å². The van der Waals surface area contributed by atoms with Gasteiger partial charge in [-0.2, -0.15) is 0 Å². The molecule has 0 N–H and O–H groups in total. The van der Waals surface area contributed by atoms with Gasteiger partial charge in [0.15, 0.2) is 0 Å². The van der Waals surface area contributed by atoms with Crippen LogP contribution in [0, 0.1) is 11.3 Å². The van der Waals surface area contributed by atoms with Gasteiger partial charge in [-0.25, -0.2) is 0 Å². The molecule has 3 aliphatic rings. The number of carbonyl (C=O) groups excluding carboxylic acids is 3. The molecule has 0 unspecified atom stereocenters. The lowest BCUT2D eigenvalue weighted by molar-refractivity contribution is -0.145. The molecule has 1 aliphatic carbocycles. The maximum absolute atomic E-state index is 12.9. The van der Waals surface area contributed by atoms with Crippen LogP contribution in [-0.4, -0.2) is 72.2 Å². The van der Waals surface area contributed by atoms with E-state index in [4.69, 9.17) is 0 Å². The van der Waals surface area contributed by atoms with Gasteiger partial charge < -0.3 is 14.7 Å². The molecule has 2 saturated heterocycles. The second-order valence-electron chi connectivity index (χ2n) is 8.25. The molecule has 0 bridgehead atoms. The first kappa shape index (κ1) is 18.2. The van der Waals surface area contributed by atoms with Gasteiger partial charge in [-0.05, 0) is 32.1 Å². The number of likely N-dealkylation sites (tertiary alicyclic amines) is 2. The highest BCUT2D eigenvalue weighted by molar-refractivity contribution is 5.80. The number of amides is 3. The smallest absolute Gasteiger partial charge is 0.225 e. The largest absolute Gasteiger partial charge is 0.345 e. The maximum Gasteiger partial charge on any atom is 0.225 e. The fraction of sp³-hybridized carbons (Fsp3) is 0.842. The third-order valence-corrected chi connectivity index (χ3v) is 6.77. The molecule has 0 radical (unpaired) electrons. The van der Waals surface area contributed by atoms with E-state index in [-0.39, 0.29) is 35.1 Å². The number of carbonyl (C=O) groups is 3. The van der Waals surface area contributed by atoms with Crippen molar-refractivity contribution in [3.8, 4) is 0 Å². The minimum Gasteiger partial charge on any atom is -0.345 e. The van der Waals surface area contributed by atoms with Gasteiger partial charge in [-0.3, -0.25) is 14.4 Å². The van der Waals surface area contributed by atoms with Crippen molar-refractivity contribution in [3.05, 3.63) is 0 Å². The molecule has 6 nitrogen and oxygen atoms in total. The highest BCUT2D eigenvalue weighted by atomic mass is 16.2. The number of hydrogen-bond donors (Lipinski definition) is 0. The Balaban J connectivity index is 1.62. The van der Waals surface area contributed by atoms with Crippen molar-refractivity contribution in [3.63, 3.8) is 0 Å². The topological polar surface area (TPSA) is 60.9 Å². The Bertz CT molecular complexity index is 556.